The first-order chi connectivity index (χ1) is 8.97. The van der Waals surface area contributed by atoms with Crippen LogP contribution in [-0.4, -0.2) is 10.2 Å². The number of hydrogen-bond donors (Lipinski definition) is 2. The molecule has 3 rings (SSSR count). The van der Waals surface area contributed by atoms with Crippen molar-refractivity contribution in [2.75, 3.05) is 0 Å². The number of hydrogen-bond acceptors (Lipinski definition) is 5. The van der Waals surface area contributed by atoms with Crippen molar-refractivity contribution in [1.82, 2.24) is 0 Å². The van der Waals surface area contributed by atoms with Gasteiger partial charge in [0.25, 0.3) is 0 Å². The Labute approximate surface area is 107 Å². The van der Waals surface area contributed by atoms with Crippen molar-refractivity contribution in [1.29, 1.82) is 0 Å². The van der Waals surface area contributed by atoms with E-state index in [1.807, 2.05) is 0 Å². The van der Waals surface area contributed by atoms with E-state index in [-0.39, 0.29) is 33.4 Å². The number of aromatic hydroxyl groups is 2. The molecule has 0 aliphatic heterocycles. The monoisotopic (exact) mass is 257 g/mol. The average Bonchev–Trinajstić information content (AvgIpc) is 2.25. The summed E-state index contributed by atoms with van der Waals surface area (Å²) in [4.78, 5) is 12.3. The maximum absolute atomic E-state index is 12.3. The predicted octanol–water partition coefficient (Wildman–Crippen LogP) is 1.74. The summed E-state index contributed by atoms with van der Waals surface area (Å²) in [6.45, 7) is 1.65. The van der Waals surface area contributed by atoms with Gasteiger partial charge in [0.05, 0.1) is 10.8 Å². The van der Waals surface area contributed by atoms with Gasteiger partial charge in [-0.05, 0) is 24.6 Å². The molecule has 19 heavy (non-hydrogen) atoms. The highest BCUT2D eigenvalue weighted by atomic mass is 16.3. The van der Waals surface area contributed by atoms with Crippen molar-refractivity contribution in [2.45, 2.75) is 6.92 Å². The summed E-state index contributed by atoms with van der Waals surface area (Å²) >= 11 is 0. The van der Waals surface area contributed by atoms with E-state index < -0.39 is 11.2 Å². The highest BCUT2D eigenvalue weighted by molar-refractivity contribution is 5.95. The Balaban J connectivity index is 2.64. The van der Waals surface area contributed by atoms with Crippen LogP contribution in [0.5, 0.6) is 17.2 Å². The van der Waals surface area contributed by atoms with Gasteiger partial charge < -0.3 is 19.7 Å². The van der Waals surface area contributed by atoms with Crippen LogP contribution in [0.2, 0.25) is 0 Å². The van der Waals surface area contributed by atoms with E-state index in [1.165, 1.54) is 18.2 Å². The third kappa shape index (κ3) is 1.59. The Hall–Kier alpha value is -2.69. The number of phenolic OH excluding ortho intramolecular Hbond substituents is 2. The van der Waals surface area contributed by atoms with E-state index in [1.54, 1.807) is 6.92 Å². The third-order valence-electron chi connectivity index (χ3n) is 3.01. The molecule has 0 saturated carbocycles. The molecule has 96 valence electrons. The number of rotatable bonds is 0. The van der Waals surface area contributed by atoms with Gasteiger partial charge in [0.1, 0.15) is 22.7 Å². The smallest absolute Gasteiger partial charge is 0.200 e. The van der Waals surface area contributed by atoms with Crippen molar-refractivity contribution in [3.8, 4) is 17.2 Å². The molecule has 1 heterocycles. The second-order valence-corrected chi connectivity index (χ2v) is 4.38. The van der Waals surface area contributed by atoms with Gasteiger partial charge in [-0.1, -0.05) is 5.75 Å². The standard InChI is InChI=1S/C14H10O5/c1-6-2-7(15)4-10-12(6)14(18)13-9(17)3-8(16)5-11(13)19-10/h2-5,15-17H,1H3/p-1. The van der Waals surface area contributed by atoms with Gasteiger partial charge in [0.15, 0.2) is 5.43 Å². The van der Waals surface area contributed by atoms with Crippen LogP contribution in [-0.2, 0) is 0 Å². The lowest BCUT2D eigenvalue weighted by atomic mass is 10.1. The first-order valence-electron chi connectivity index (χ1n) is 5.57. The van der Waals surface area contributed by atoms with Gasteiger partial charge in [-0.2, -0.15) is 0 Å². The zero-order valence-corrected chi connectivity index (χ0v) is 9.93. The highest BCUT2D eigenvalue weighted by Gasteiger charge is 2.12. The second-order valence-electron chi connectivity index (χ2n) is 4.38. The van der Waals surface area contributed by atoms with Gasteiger partial charge in [0.2, 0.25) is 0 Å². The molecule has 0 aliphatic rings. The molecule has 5 nitrogen and oxygen atoms in total. The van der Waals surface area contributed by atoms with E-state index in [9.17, 15) is 20.1 Å². The lowest BCUT2D eigenvalue weighted by Gasteiger charge is -2.11. The van der Waals surface area contributed by atoms with Gasteiger partial charge in [0, 0.05) is 12.1 Å². The van der Waals surface area contributed by atoms with E-state index in [0.717, 1.165) is 6.07 Å². The van der Waals surface area contributed by atoms with Crippen molar-refractivity contribution < 1.29 is 19.7 Å². The molecule has 0 fully saturated rings. The van der Waals surface area contributed by atoms with Crippen molar-refractivity contribution in [3.05, 3.63) is 40.1 Å². The molecule has 0 saturated heterocycles. The first-order valence-corrected chi connectivity index (χ1v) is 5.57. The van der Waals surface area contributed by atoms with Gasteiger partial charge in [-0.15, -0.1) is 0 Å². The van der Waals surface area contributed by atoms with Crippen LogP contribution >= 0.6 is 0 Å². The van der Waals surface area contributed by atoms with Crippen LogP contribution in [0.25, 0.3) is 21.9 Å². The van der Waals surface area contributed by atoms with Crippen LogP contribution < -0.4 is 10.5 Å². The zero-order valence-electron chi connectivity index (χ0n) is 9.93. The van der Waals surface area contributed by atoms with Crippen LogP contribution in [0.3, 0.4) is 0 Å². The van der Waals surface area contributed by atoms with E-state index in [0.29, 0.717) is 5.56 Å². The molecule has 0 spiro atoms. The summed E-state index contributed by atoms with van der Waals surface area (Å²) in [7, 11) is 0. The maximum Gasteiger partial charge on any atom is 0.200 e. The normalized spacial score (nSPS) is 11.2. The fraction of sp³-hybridized carbons (Fsp3) is 0.0714. The zero-order chi connectivity index (χ0) is 13.7. The SMILES string of the molecule is Cc1cc(O)cc2oc3cc(O)cc([O-])c3c(=O)c12. The summed E-state index contributed by atoms with van der Waals surface area (Å²) < 4.78 is 5.43. The summed E-state index contributed by atoms with van der Waals surface area (Å²) in [5, 5.41) is 30.8. The Bertz CT molecular complexity index is 808. The minimum Gasteiger partial charge on any atom is -0.872 e. The van der Waals surface area contributed by atoms with E-state index in [4.69, 9.17) is 4.42 Å². The Morgan fingerprint density at radius 2 is 1.58 bits per heavy atom. The highest BCUT2D eigenvalue weighted by Crippen LogP contribution is 2.30. The minimum atomic E-state index is -0.585. The van der Waals surface area contributed by atoms with E-state index >= 15 is 0 Å². The molecule has 0 aliphatic carbocycles. The molecule has 3 aromatic rings. The maximum atomic E-state index is 12.3. The van der Waals surface area contributed by atoms with Crippen molar-refractivity contribution in [2.24, 2.45) is 0 Å². The van der Waals surface area contributed by atoms with Crippen LogP contribution in [0.15, 0.2) is 33.5 Å². The van der Waals surface area contributed by atoms with Crippen LogP contribution in [0.1, 0.15) is 5.56 Å². The van der Waals surface area contributed by atoms with E-state index in [2.05, 4.69) is 0 Å². The molecule has 1 aromatic heterocycles. The number of phenols is 2. The van der Waals surface area contributed by atoms with Gasteiger partial charge >= 0.3 is 0 Å². The summed E-state index contributed by atoms with van der Waals surface area (Å²) in [6, 6.07) is 4.91. The summed E-state index contributed by atoms with van der Waals surface area (Å²) in [5.41, 5.74) is 0.254. The quantitative estimate of drug-likeness (QED) is 0.598. The molecule has 0 radical (unpaired) electrons. The molecule has 2 N–H and O–H groups in total. The molecular formula is C14H9O5-. The summed E-state index contributed by atoms with van der Waals surface area (Å²) in [6.07, 6.45) is 0. The topological polar surface area (TPSA) is 93.7 Å². The predicted molar refractivity (Wildman–Crippen MR) is 67.5 cm³/mol. The molecule has 0 bridgehead atoms. The van der Waals surface area contributed by atoms with Crippen molar-refractivity contribution in [3.63, 3.8) is 0 Å². The molecular weight excluding hydrogens is 248 g/mol. The number of aryl methyl sites for hydroxylation is 1. The van der Waals surface area contributed by atoms with Gasteiger partial charge in [-0.3, -0.25) is 4.79 Å². The van der Waals surface area contributed by atoms with Crippen LogP contribution in [0, 0.1) is 6.92 Å². The molecule has 5 heteroatoms. The number of fused-ring (bicyclic) bond motifs is 2. The summed E-state index contributed by atoms with van der Waals surface area (Å²) in [5.74, 6) is -0.884. The largest absolute Gasteiger partial charge is 0.872 e. The molecule has 0 atom stereocenters. The molecule has 0 amide bonds. The van der Waals surface area contributed by atoms with Crippen LogP contribution in [0.4, 0.5) is 0 Å². The third-order valence-corrected chi connectivity index (χ3v) is 3.01. The minimum absolute atomic E-state index is 0.00694. The second kappa shape index (κ2) is 3.65. The Morgan fingerprint density at radius 1 is 1.00 bits per heavy atom. The molecule has 2 aromatic carbocycles. The fourth-order valence-corrected chi connectivity index (χ4v) is 2.23. The van der Waals surface area contributed by atoms with Gasteiger partial charge in [-0.25, -0.2) is 0 Å². The Kier molecular flexibility index (Phi) is 2.19. The van der Waals surface area contributed by atoms with Crippen molar-refractivity contribution >= 4 is 21.9 Å². The fourth-order valence-electron chi connectivity index (χ4n) is 2.23. The Morgan fingerprint density at radius 3 is 2.26 bits per heavy atom. The first kappa shape index (κ1) is 11.4. The molecule has 0 unspecified atom stereocenters. The number of benzene rings is 2. The average molecular weight is 257 g/mol. The lowest BCUT2D eigenvalue weighted by molar-refractivity contribution is -0.266. The lowest BCUT2D eigenvalue weighted by Crippen LogP contribution is -2.07.